The lowest BCUT2D eigenvalue weighted by Gasteiger charge is -2.36. The molecule has 1 aliphatic rings. The molecule has 1 amide bonds. The number of nitrogens with zero attached hydrogens (tertiary/aromatic N) is 2. The van der Waals surface area contributed by atoms with Crippen LogP contribution in [0.4, 0.5) is 0 Å². The zero-order chi connectivity index (χ0) is 14.8. The molecule has 4 heteroatoms. The van der Waals surface area contributed by atoms with Crippen LogP contribution in [0.3, 0.4) is 0 Å². The molecule has 1 aromatic carbocycles. The van der Waals surface area contributed by atoms with Crippen molar-refractivity contribution >= 4 is 16.8 Å². The van der Waals surface area contributed by atoms with Gasteiger partial charge in [-0.1, -0.05) is 31.0 Å². The molecule has 21 heavy (non-hydrogen) atoms. The Hall–Kier alpha value is -1.94. The summed E-state index contributed by atoms with van der Waals surface area (Å²) in [5, 5.41) is 0.904. The van der Waals surface area contributed by atoms with Crippen molar-refractivity contribution in [3.05, 3.63) is 42.1 Å². The first-order valence-corrected chi connectivity index (χ1v) is 7.55. The van der Waals surface area contributed by atoms with Crippen LogP contribution in [0.2, 0.25) is 0 Å². The van der Waals surface area contributed by atoms with Crippen molar-refractivity contribution in [3.8, 4) is 0 Å². The van der Waals surface area contributed by atoms with E-state index in [0.717, 1.165) is 36.6 Å². The Morgan fingerprint density at radius 3 is 2.81 bits per heavy atom. The van der Waals surface area contributed by atoms with Crippen molar-refractivity contribution in [2.45, 2.75) is 37.8 Å². The van der Waals surface area contributed by atoms with Gasteiger partial charge in [-0.05, 0) is 25.0 Å². The number of aromatic nitrogens is 1. The maximum atomic E-state index is 12.8. The molecule has 0 spiro atoms. The van der Waals surface area contributed by atoms with E-state index in [-0.39, 0.29) is 18.0 Å². The minimum absolute atomic E-state index is 0.0379. The highest BCUT2D eigenvalue weighted by molar-refractivity contribution is 6.06. The molecule has 1 fully saturated rings. The monoisotopic (exact) mass is 283 g/mol. The molecule has 2 N–H and O–H groups in total. The lowest BCUT2D eigenvalue weighted by Crippen LogP contribution is -2.50. The molecule has 3 rings (SSSR count). The van der Waals surface area contributed by atoms with Crippen molar-refractivity contribution in [1.82, 2.24) is 9.88 Å². The van der Waals surface area contributed by atoms with Crippen LogP contribution in [0, 0.1) is 0 Å². The fraction of sp³-hybridized carbons (Fsp3) is 0.412. The van der Waals surface area contributed by atoms with Crippen LogP contribution in [0.15, 0.2) is 36.5 Å². The van der Waals surface area contributed by atoms with E-state index in [1.165, 1.54) is 0 Å². The van der Waals surface area contributed by atoms with Gasteiger partial charge in [0.15, 0.2) is 0 Å². The maximum absolute atomic E-state index is 12.8. The van der Waals surface area contributed by atoms with Gasteiger partial charge < -0.3 is 10.6 Å². The van der Waals surface area contributed by atoms with E-state index in [2.05, 4.69) is 4.98 Å². The van der Waals surface area contributed by atoms with Gasteiger partial charge in [-0.3, -0.25) is 9.78 Å². The Morgan fingerprint density at radius 1 is 1.24 bits per heavy atom. The Kier molecular flexibility index (Phi) is 3.88. The first kappa shape index (κ1) is 14.0. The molecule has 1 aliphatic carbocycles. The molecule has 0 bridgehead atoms. The molecular weight excluding hydrogens is 262 g/mol. The summed E-state index contributed by atoms with van der Waals surface area (Å²) in [7, 11) is 1.87. The zero-order valence-electron chi connectivity index (χ0n) is 12.3. The van der Waals surface area contributed by atoms with Gasteiger partial charge in [0.1, 0.15) is 0 Å². The second kappa shape index (κ2) is 5.82. The molecule has 0 saturated heterocycles. The minimum Gasteiger partial charge on any atom is -0.337 e. The van der Waals surface area contributed by atoms with Crippen LogP contribution in [-0.4, -0.2) is 34.9 Å². The number of pyridine rings is 1. The number of hydrogen-bond donors (Lipinski definition) is 1. The van der Waals surface area contributed by atoms with Crippen LogP contribution >= 0.6 is 0 Å². The number of hydrogen-bond acceptors (Lipinski definition) is 3. The molecule has 1 aromatic heterocycles. The summed E-state index contributed by atoms with van der Waals surface area (Å²) in [6, 6.07) is 9.77. The van der Waals surface area contributed by atoms with Crippen LogP contribution in [0.1, 0.15) is 36.0 Å². The van der Waals surface area contributed by atoms with Crippen LogP contribution in [0.5, 0.6) is 0 Å². The van der Waals surface area contributed by atoms with Crippen molar-refractivity contribution in [2.24, 2.45) is 5.73 Å². The number of nitrogens with two attached hydrogens (primary N) is 1. The largest absolute Gasteiger partial charge is 0.337 e. The maximum Gasteiger partial charge on any atom is 0.254 e. The number of carbonyl (C=O) groups excluding carboxylic acids is 1. The highest BCUT2D eigenvalue weighted by Gasteiger charge is 2.29. The third kappa shape index (κ3) is 2.63. The minimum atomic E-state index is 0.0379. The second-order valence-electron chi connectivity index (χ2n) is 5.81. The van der Waals surface area contributed by atoms with Gasteiger partial charge in [0, 0.05) is 30.7 Å². The molecule has 4 nitrogen and oxygen atoms in total. The van der Waals surface area contributed by atoms with Crippen molar-refractivity contribution < 1.29 is 4.79 Å². The van der Waals surface area contributed by atoms with E-state index in [4.69, 9.17) is 5.73 Å². The number of fused-ring (bicyclic) bond motifs is 1. The van der Waals surface area contributed by atoms with Gasteiger partial charge in [0.25, 0.3) is 5.91 Å². The second-order valence-corrected chi connectivity index (χ2v) is 5.81. The smallest absolute Gasteiger partial charge is 0.254 e. The molecular formula is C17H21N3O. The Bertz CT molecular complexity index is 650. The summed E-state index contributed by atoms with van der Waals surface area (Å²) in [6.07, 6.45) is 6.00. The molecule has 2 unspecified atom stereocenters. The lowest BCUT2D eigenvalue weighted by molar-refractivity contribution is 0.0674. The molecule has 1 heterocycles. The van der Waals surface area contributed by atoms with Gasteiger partial charge in [-0.15, -0.1) is 0 Å². The number of carbonyl (C=O) groups is 1. The zero-order valence-corrected chi connectivity index (χ0v) is 12.3. The number of para-hydroxylation sites is 1. The lowest BCUT2D eigenvalue weighted by atomic mass is 9.89. The van der Waals surface area contributed by atoms with Crippen molar-refractivity contribution in [3.63, 3.8) is 0 Å². The van der Waals surface area contributed by atoms with Crippen LogP contribution in [-0.2, 0) is 0 Å². The molecule has 110 valence electrons. The van der Waals surface area contributed by atoms with E-state index < -0.39 is 0 Å². The summed E-state index contributed by atoms with van der Waals surface area (Å²) < 4.78 is 0. The normalized spacial score (nSPS) is 22.2. The van der Waals surface area contributed by atoms with Crippen molar-refractivity contribution in [1.29, 1.82) is 0 Å². The topological polar surface area (TPSA) is 59.2 Å². The summed E-state index contributed by atoms with van der Waals surface area (Å²) in [5.41, 5.74) is 7.76. The van der Waals surface area contributed by atoms with E-state index in [1.54, 1.807) is 12.3 Å². The predicted molar refractivity (Wildman–Crippen MR) is 84.1 cm³/mol. The third-order valence-corrected chi connectivity index (χ3v) is 4.48. The van der Waals surface area contributed by atoms with Gasteiger partial charge in [0.05, 0.1) is 11.1 Å². The summed E-state index contributed by atoms with van der Waals surface area (Å²) in [4.78, 5) is 19.0. The van der Waals surface area contributed by atoms with E-state index >= 15 is 0 Å². The van der Waals surface area contributed by atoms with Gasteiger partial charge >= 0.3 is 0 Å². The average Bonchev–Trinajstić information content (AvgIpc) is 2.53. The van der Waals surface area contributed by atoms with E-state index in [0.29, 0.717) is 5.56 Å². The highest BCUT2D eigenvalue weighted by atomic mass is 16.2. The summed E-state index contributed by atoms with van der Waals surface area (Å²) in [5.74, 6) is 0.0379. The molecule has 2 aromatic rings. The highest BCUT2D eigenvalue weighted by Crippen LogP contribution is 2.24. The average molecular weight is 283 g/mol. The third-order valence-electron chi connectivity index (χ3n) is 4.48. The predicted octanol–water partition coefficient (Wildman–Crippen LogP) is 2.58. The van der Waals surface area contributed by atoms with Crippen LogP contribution in [0.25, 0.3) is 10.9 Å². The first-order valence-electron chi connectivity index (χ1n) is 7.55. The first-order chi connectivity index (χ1) is 10.2. The fourth-order valence-corrected chi connectivity index (χ4v) is 3.24. The number of amides is 1. The number of benzene rings is 1. The summed E-state index contributed by atoms with van der Waals surface area (Å²) in [6.45, 7) is 0. The Morgan fingerprint density at radius 2 is 2.00 bits per heavy atom. The molecule has 2 atom stereocenters. The van der Waals surface area contributed by atoms with E-state index in [9.17, 15) is 4.79 Å². The van der Waals surface area contributed by atoms with Gasteiger partial charge in [0.2, 0.25) is 0 Å². The van der Waals surface area contributed by atoms with Gasteiger partial charge in [-0.25, -0.2) is 0 Å². The quantitative estimate of drug-likeness (QED) is 0.921. The fourth-order valence-electron chi connectivity index (χ4n) is 3.24. The number of rotatable bonds is 2. The standard InChI is InChI=1S/C17H21N3O/c1-20(16-9-5-3-7-14(16)18)17(21)13-10-11-19-15-8-4-2-6-12(13)15/h2,4,6,8,10-11,14,16H,3,5,7,9,18H2,1H3. The Labute approximate surface area is 125 Å². The molecule has 0 radical (unpaired) electrons. The van der Waals surface area contributed by atoms with E-state index in [1.807, 2.05) is 36.2 Å². The number of likely N-dealkylation sites (N-methyl/N-ethyl adjacent to an activating group) is 1. The van der Waals surface area contributed by atoms with Crippen molar-refractivity contribution in [2.75, 3.05) is 7.05 Å². The molecule has 0 aliphatic heterocycles. The van der Waals surface area contributed by atoms with Crippen LogP contribution < -0.4 is 5.73 Å². The van der Waals surface area contributed by atoms with Gasteiger partial charge in [-0.2, -0.15) is 0 Å². The molecule has 1 saturated carbocycles. The Balaban J connectivity index is 1.93. The SMILES string of the molecule is CN(C(=O)c1ccnc2ccccc12)C1CCCCC1N. The summed E-state index contributed by atoms with van der Waals surface area (Å²) >= 11 is 0.